The Kier molecular flexibility index (Phi) is 4.63. The van der Waals surface area contributed by atoms with Gasteiger partial charge in [0, 0.05) is 18.2 Å². The Labute approximate surface area is 125 Å². The molecule has 1 fully saturated rings. The van der Waals surface area contributed by atoms with Crippen molar-refractivity contribution in [3.8, 4) is 17.2 Å². The van der Waals surface area contributed by atoms with Crippen LogP contribution in [0.1, 0.15) is 18.0 Å². The zero-order valence-electron chi connectivity index (χ0n) is 12.5. The first-order chi connectivity index (χ1) is 9.91. The maximum Gasteiger partial charge on any atom is 0.150 e. The molecule has 6 nitrogen and oxygen atoms in total. The summed E-state index contributed by atoms with van der Waals surface area (Å²) in [5.41, 5.74) is 6.98. The molecule has 7 heteroatoms. The van der Waals surface area contributed by atoms with Crippen molar-refractivity contribution < 1.29 is 22.6 Å². The second-order valence-corrected chi connectivity index (χ2v) is 7.36. The fraction of sp³-hybridized carbons (Fsp3) is 0.571. The molecule has 21 heavy (non-hydrogen) atoms. The van der Waals surface area contributed by atoms with E-state index in [2.05, 4.69) is 0 Å². The summed E-state index contributed by atoms with van der Waals surface area (Å²) >= 11 is 0. The molecule has 0 spiro atoms. The van der Waals surface area contributed by atoms with E-state index < -0.39 is 15.9 Å². The predicted molar refractivity (Wildman–Crippen MR) is 79.8 cm³/mol. The van der Waals surface area contributed by atoms with Crippen molar-refractivity contribution >= 4 is 9.84 Å². The van der Waals surface area contributed by atoms with E-state index in [0.717, 1.165) is 0 Å². The Hall–Kier alpha value is -1.47. The van der Waals surface area contributed by atoms with Crippen molar-refractivity contribution in [1.82, 2.24) is 0 Å². The topological polar surface area (TPSA) is 87.9 Å². The van der Waals surface area contributed by atoms with E-state index in [0.29, 0.717) is 29.2 Å². The van der Waals surface area contributed by atoms with E-state index >= 15 is 0 Å². The van der Waals surface area contributed by atoms with Crippen LogP contribution in [0.15, 0.2) is 12.1 Å². The van der Waals surface area contributed by atoms with E-state index in [4.69, 9.17) is 19.9 Å². The molecule has 0 amide bonds. The van der Waals surface area contributed by atoms with Gasteiger partial charge in [-0.25, -0.2) is 8.42 Å². The number of rotatable bonds is 5. The molecule has 2 rings (SSSR count). The molecule has 1 heterocycles. The lowest BCUT2D eigenvalue weighted by Crippen LogP contribution is -2.23. The number of methoxy groups -OCH3 is 3. The highest BCUT2D eigenvalue weighted by Crippen LogP contribution is 2.42. The smallest absolute Gasteiger partial charge is 0.150 e. The van der Waals surface area contributed by atoms with Crippen LogP contribution in [-0.2, 0) is 9.84 Å². The van der Waals surface area contributed by atoms with E-state index in [-0.39, 0.29) is 17.4 Å². The zero-order valence-corrected chi connectivity index (χ0v) is 13.3. The minimum Gasteiger partial charge on any atom is -0.496 e. The summed E-state index contributed by atoms with van der Waals surface area (Å²) in [6, 6.07) is 2.99. The average molecular weight is 315 g/mol. The van der Waals surface area contributed by atoms with Crippen molar-refractivity contribution in [2.75, 3.05) is 32.8 Å². The fourth-order valence-electron chi connectivity index (χ4n) is 2.70. The summed E-state index contributed by atoms with van der Waals surface area (Å²) in [5.74, 6) is 1.84. The van der Waals surface area contributed by atoms with Crippen molar-refractivity contribution in [2.24, 2.45) is 11.7 Å². The van der Waals surface area contributed by atoms with Gasteiger partial charge in [0.25, 0.3) is 0 Å². The molecule has 1 aliphatic rings. The van der Waals surface area contributed by atoms with E-state index in [9.17, 15) is 8.42 Å². The third-order valence-corrected chi connectivity index (χ3v) is 5.66. The van der Waals surface area contributed by atoms with Gasteiger partial charge in [-0.3, -0.25) is 0 Å². The molecule has 1 aliphatic heterocycles. The van der Waals surface area contributed by atoms with E-state index in [1.165, 1.54) is 14.2 Å². The van der Waals surface area contributed by atoms with Crippen molar-refractivity contribution in [3.63, 3.8) is 0 Å². The lowest BCUT2D eigenvalue weighted by molar-refractivity contribution is 0.352. The van der Waals surface area contributed by atoms with Crippen LogP contribution in [0.25, 0.3) is 0 Å². The Balaban J connectivity index is 2.42. The summed E-state index contributed by atoms with van der Waals surface area (Å²) in [6.07, 6.45) is 0.557. The lowest BCUT2D eigenvalue weighted by atomic mass is 9.92. The third-order valence-electron chi connectivity index (χ3n) is 3.86. The molecule has 0 aliphatic carbocycles. The van der Waals surface area contributed by atoms with Crippen molar-refractivity contribution in [1.29, 1.82) is 0 Å². The number of benzene rings is 1. The summed E-state index contributed by atoms with van der Waals surface area (Å²) < 4.78 is 39.2. The molecule has 0 radical (unpaired) electrons. The van der Waals surface area contributed by atoms with Gasteiger partial charge in [0.2, 0.25) is 0 Å². The van der Waals surface area contributed by atoms with Crippen LogP contribution in [0.4, 0.5) is 0 Å². The first kappa shape index (κ1) is 15.9. The van der Waals surface area contributed by atoms with Gasteiger partial charge in [0.1, 0.15) is 17.2 Å². The molecule has 2 unspecified atom stereocenters. The van der Waals surface area contributed by atoms with Crippen molar-refractivity contribution in [3.05, 3.63) is 17.7 Å². The molecule has 1 aromatic carbocycles. The third kappa shape index (κ3) is 3.24. The number of ether oxygens (including phenoxy) is 3. The van der Waals surface area contributed by atoms with Crippen LogP contribution in [0, 0.1) is 5.92 Å². The van der Waals surface area contributed by atoms with Gasteiger partial charge < -0.3 is 19.9 Å². The van der Waals surface area contributed by atoms with Crippen LogP contribution in [0.2, 0.25) is 0 Å². The van der Waals surface area contributed by atoms with Crippen LogP contribution >= 0.6 is 0 Å². The lowest BCUT2D eigenvalue weighted by Gasteiger charge is -2.23. The second kappa shape index (κ2) is 6.11. The highest BCUT2D eigenvalue weighted by molar-refractivity contribution is 7.91. The molecule has 118 valence electrons. The normalized spacial score (nSPS) is 21.8. The maximum atomic E-state index is 11.6. The van der Waals surface area contributed by atoms with Crippen LogP contribution in [0.5, 0.6) is 17.2 Å². The molecule has 1 saturated heterocycles. The van der Waals surface area contributed by atoms with Crippen LogP contribution in [0.3, 0.4) is 0 Å². The van der Waals surface area contributed by atoms with Gasteiger partial charge in [0.15, 0.2) is 9.84 Å². The van der Waals surface area contributed by atoms with Gasteiger partial charge in [0.05, 0.1) is 38.4 Å². The molecule has 0 bridgehead atoms. The first-order valence-electron chi connectivity index (χ1n) is 6.67. The van der Waals surface area contributed by atoms with Gasteiger partial charge >= 0.3 is 0 Å². The maximum absolute atomic E-state index is 11.6. The largest absolute Gasteiger partial charge is 0.496 e. The molecule has 2 N–H and O–H groups in total. The fourth-order valence-corrected chi connectivity index (χ4v) is 4.56. The van der Waals surface area contributed by atoms with Crippen molar-refractivity contribution in [2.45, 2.75) is 12.5 Å². The Morgan fingerprint density at radius 3 is 2.10 bits per heavy atom. The second-order valence-electron chi connectivity index (χ2n) is 5.13. The summed E-state index contributed by atoms with van der Waals surface area (Å²) in [7, 11) is 1.64. The monoisotopic (exact) mass is 315 g/mol. The Bertz CT molecular complexity index is 589. The standard InChI is InChI=1S/C14H21NO5S/c1-18-10-6-11(19-2)13(12(7-10)20-3)14(15)9-4-5-21(16,17)8-9/h6-7,9,14H,4-5,8,15H2,1-3H3. The highest BCUT2D eigenvalue weighted by Gasteiger charge is 2.35. The first-order valence-corrected chi connectivity index (χ1v) is 8.50. The molecular weight excluding hydrogens is 294 g/mol. The average Bonchev–Trinajstić information content (AvgIpc) is 2.85. The minimum absolute atomic E-state index is 0.104. The molecule has 2 atom stereocenters. The van der Waals surface area contributed by atoms with E-state index in [1.807, 2.05) is 0 Å². The summed E-state index contributed by atoms with van der Waals surface area (Å²) in [6.45, 7) is 0. The highest BCUT2D eigenvalue weighted by atomic mass is 32.2. The number of nitrogens with two attached hydrogens (primary N) is 1. The zero-order chi connectivity index (χ0) is 15.6. The van der Waals surface area contributed by atoms with Gasteiger partial charge in [-0.15, -0.1) is 0 Å². The summed E-state index contributed by atoms with van der Waals surface area (Å²) in [5, 5.41) is 0. The van der Waals surface area contributed by atoms with Gasteiger partial charge in [-0.2, -0.15) is 0 Å². The molecule has 1 aromatic rings. The SMILES string of the molecule is COc1cc(OC)c(C(N)C2CCS(=O)(=O)C2)c(OC)c1. The quantitative estimate of drug-likeness (QED) is 0.877. The summed E-state index contributed by atoms with van der Waals surface area (Å²) in [4.78, 5) is 0. The van der Waals surface area contributed by atoms with E-state index in [1.54, 1.807) is 19.2 Å². The Morgan fingerprint density at radius 2 is 1.71 bits per heavy atom. The number of hydrogen-bond donors (Lipinski definition) is 1. The number of sulfone groups is 1. The molecule has 0 saturated carbocycles. The number of hydrogen-bond acceptors (Lipinski definition) is 6. The van der Waals surface area contributed by atoms with Gasteiger partial charge in [-0.1, -0.05) is 0 Å². The molecule has 0 aromatic heterocycles. The van der Waals surface area contributed by atoms with Crippen LogP contribution < -0.4 is 19.9 Å². The van der Waals surface area contributed by atoms with Crippen LogP contribution in [-0.4, -0.2) is 41.3 Å². The van der Waals surface area contributed by atoms with Gasteiger partial charge in [-0.05, 0) is 12.3 Å². The predicted octanol–water partition coefficient (Wildman–Crippen LogP) is 1.15. The molecular formula is C14H21NO5S. The minimum atomic E-state index is -2.99. The Morgan fingerprint density at radius 1 is 1.14 bits per heavy atom.